The molecule has 0 saturated carbocycles. The lowest BCUT2D eigenvalue weighted by molar-refractivity contribution is 1.11. The first kappa shape index (κ1) is 12.2. The van der Waals surface area contributed by atoms with Crippen LogP contribution in [0.5, 0.6) is 0 Å². The summed E-state index contributed by atoms with van der Waals surface area (Å²) in [5.41, 5.74) is 9.08. The van der Waals surface area contributed by atoms with Gasteiger partial charge in [-0.3, -0.25) is 4.57 Å². The second-order valence-corrected chi connectivity index (χ2v) is 5.91. The Hall–Kier alpha value is -2.59. The number of nitrogens with zero attached hydrogens (tertiary/aromatic N) is 2. The molecule has 0 spiro atoms. The van der Waals surface area contributed by atoms with Crippen LogP contribution in [-0.4, -0.2) is 9.55 Å². The molecular weight excluding hydrogens is 278 g/mol. The largest absolute Gasteiger partial charge is 0.391 e. The first-order valence-electron chi connectivity index (χ1n) is 6.71. The highest BCUT2D eigenvalue weighted by Gasteiger charge is 2.14. The molecule has 0 unspecified atom stereocenters. The van der Waals surface area contributed by atoms with Crippen LogP contribution in [-0.2, 0) is 0 Å². The maximum atomic E-state index is 5.88. The number of thiophene rings is 1. The quantitative estimate of drug-likeness (QED) is 0.597. The molecule has 21 heavy (non-hydrogen) atoms. The fraction of sp³-hybridized carbons (Fsp3) is 0. The average molecular weight is 291 g/mol. The minimum absolute atomic E-state index is 0.802. The molecular formula is C17H13N3S. The molecule has 2 N–H and O–H groups in total. The minimum atomic E-state index is 0.802. The van der Waals surface area contributed by atoms with E-state index < -0.39 is 0 Å². The van der Waals surface area contributed by atoms with E-state index in [1.807, 2.05) is 48.5 Å². The van der Waals surface area contributed by atoms with Crippen LogP contribution in [0.15, 0.2) is 66.7 Å². The Balaban J connectivity index is 2.06. The summed E-state index contributed by atoms with van der Waals surface area (Å²) in [4.78, 5) is 5.87. The maximum absolute atomic E-state index is 5.88. The number of rotatable bonds is 2. The van der Waals surface area contributed by atoms with Gasteiger partial charge in [0, 0.05) is 5.69 Å². The van der Waals surface area contributed by atoms with Gasteiger partial charge in [0.1, 0.15) is 0 Å². The van der Waals surface area contributed by atoms with Gasteiger partial charge >= 0.3 is 0 Å². The van der Waals surface area contributed by atoms with Crippen LogP contribution in [0.3, 0.4) is 0 Å². The molecule has 0 fully saturated rings. The molecule has 0 bridgehead atoms. The van der Waals surface area contributed by atoms with Gasteiger partial charge in [-0.2, -0.15) is 0 Å². The van der Waals surface area contributed by atoms with E-state index in [0.717, 1.165) is 32.4 Å². The minimum Gasteiger partial charge on any atom is -0.391 e. The van der Waals surface area contributed by atoms with Gasteiger partial charge in [0.15, 0.2) is 5.82 Å². The zero-order chi connectivity index (χ0) is 14.2. The van der Waals surface area contributed by atoms with Crippen LogP contribution in [0.1, 0.15) is 0 Å². The first-order valence-corrected chi connectivity index (χ1v) is 7.53. The Morgan fingerprint density at radius 2 is 1.62 bits per heavy atom. The zero-order valence-corrected chi connectivity index (χ0v) is 12.0. The van der Waals surface area contributed by atoms with Crippen LogP contribution < -0.4 is 5.73 Å². The number of anilines is 1. The molecule has 4 rings (SSSR count). The molecule has 2 aromatic heterocycles. The smallest absolute Gasteiger partial charge is 0.155 e. The zero-order valence-electron chi connectivity index (χ0n) is 11.2. The number of hydrogen-bond donors (Lipinski definition) is 1. The van der Waals surface area contributed by atoms with Crippen molar-refractivity contribution in [3.05, 3.63) is 66.7 Å². The van der Waals surface area contributed by atoms with Crippen molar-refractivity contribution in [2.45, 2.75) is 0 Å². The number of nitrogens with two attached hydrogens (primary N) is 1. The highest BCUT2D eigenvalue weighted by molar-refractivity contribution is 7.19. The fourth-order valence-electron chi connectivity index (χ4n) is 2.50. The summed E-state index contributed by atoms with van der Waals surface area (Å²) in [6.45, 7) is 0. The van der Waals surface area contributed by atoms with Gasteiger partial charge in [0.25, 0.3) is 0 Å². The normalized spacial score (nSPS) is 11.0. The third-order valence-corrected chi connectivity index (χ3v) is 4.33. The molecule has 0 aliphatic rings. The molecule has 4 aromatic rings. The highest BCUT2D eigenvalue weighted by atomic mass is 32.1. The number of nitrogen functional groups attached to an aromatic ring is 1. The number of benzene rings is 2. The van der Waals surface area contributed by atoms with Crippen molar-refractivity contribution in [2.24, 2.45) is 0 Å². The lowest BCUT2D eigenvalue weighted by atomic mass is 10.2. The molecule has 0 aliphatic carbocycles. The predicted molar refractivity (Wildman–Crippen MR) is 88.8 cm³/mol. The lowest BCUT2D eigenvalue weighted by Gasteiger charge is -2.07. The second-order valence-electron chi connectivity index (χ2n) is 4.80. The number of para-hydroxylation sites is 3. The Bertz CT molecular complexity index is 906. The van der Waals surface area contributed by atoms with Crippen molar-refractivity contribution in [2.75, 3.05) is 5.73 Å². The molecule has 3 nitrogen and oxygen atoms in total. The summed E-state index contributed by atoms with van der Waals surface area (Å²) in [7, 11) is 0. The van der Waals surface area contributed by atoms with Crippen molar-refractivity contribution in [1.82, 2.24) is 9.55 Å². The molecule has 0 amide bonds. The number of hydrogen-bond acceptors (Lipinski definition) is 3. The van der Waals surface area contributed by atoms with E-state index in [-0.39, 0.29) is 0 Å². The lowest BCUT2D eigenvalue weighted by Crippen LogP contribution is -1.95. The number of aromatic nitrogens is 2. The van der Waals surface area contributed by atoms with Gasteiger partial charge in [-0.25, -0.2) is 4.98 Å². The van der Waals surface area contributed by atoms with Crippen LogP contribution in [0.2, 0.25) is 0 Å². The van der Waals surface area contributed by atoms with E-state index in [4.69, 9.17) is 10.7 Å². The average Bonchev–Trinajstić information content (AvgIpc) is 3.11. The summed E-state index contributed by atoms with van der Waals surface area (Å²) in [5, 5.41) is 0.802. The van der Waals surface area contributed by atoms with Gasteiger partial charge < -0.3 is 5.73 Å². The van der Waals surface area contributed by atoms with Crippen molar-refractivity contribution < 1.29 is 0 Å². The molecule has 0 saturated heterocycles. The van der Waals surface area contributed by atoms with E-state index >= 15 is 0 Å². The van der Waals surface area contributed by atoms with Gasteiger partial charge in [-0.15, -0.1) is 11.3 Å². The Morgan fingerprint density at radius 1 is 0.857 bits per heavy atom. The predicted octanol–water partition coefficient (Wildman–Crippen LogP) is 4.34. The molecule has 2 aromatic carbocycles. The summed E-state index contributed by atoms with van der Waals surface area (Å²) < 4.78 is 2.18. The Labute approximate surface area is 126 Å². The summed E-state index contributed by atoms with van der Waals surface area (Å²) >= 11 is 1.56. The Kier molecular flexibility index (Phi) is 2.75. The summed E-state index contributed by atoms with van der Waals surface area (Å²) in [6, 6.07) is 22.4. The highest BCUT2D eigenvalue weighted by Crippen LogP contribution is 2.33. The van der Waals surface area contributed by atoms with Gasteiger partial charge in [0.2, 0.25) is 0 Å². The molecule has 0 radical (unpaired) electrons. The third kappa shape index (κ3) is 2.00. The van der Waals surface area contributed by atoms with Crippen LogP contribution in [0, 0.1) is 0 Å². The second kappa shape index (κ2) is 4.75. The van der Waals surface area contributed by atoms with E-state index in [1.54, 1.807) is 11.3 Å². The maximum Gasteiger partial charge on any atom is 0.155 e. The van der Waals surface area contributed by atoms with Gasteiger partial charge in [-0.1, -0.05) is 30.3 Å². The molecule has 102 valence electrons. The standard InChI is InChI=1S/C17H13N3S/c18-16-11-10-15(21-16)17-19-13-8-4-5-9-14(13)20(17)12-6-2-1-3-7-12/h1-11H,18H2. The topological polar surface area (TPSA) is 43.8 Å². The monoisotopic (exact) mass is 291 g/mol. The summed E-state index contributed by atoms with van der Waals surface area (Å²) in [6.07, 6.45) is 0. The van der Waals surface area contributed by atoms with Crippen molar-refractivity contribution >= 4 is 27.4 Å². The van der Waals surface area contributed by atoms with E-state index in [2.05, 4.69) is 22.8 Å². The van der Waals surface area contributed by atoms with E-state index in [9.17, 15) is 0 Å². The van der Waals surface area contributed by atoms with Gasteiger partial charge in [0.05, 0.1) is 20.9 Å². The molecule has 0 aliphatic heterocycles. The molecule has 2 heterocycles. The van der Waals surface area contributed by atoms with Crippen LogP contribution in [0.4, 0.5) is 5.00 Å². The molecule has 4 heteroatoms. The first-order chi connectivity index (χ1) is 10.3. The van der Waals surface area contributed by atoms with Crippen molar-refractivity contribution in [3.8, 4) is 16.4 Å². The third-order valence-electron chi connectivity index (χ3n) is 3.42. The molecule has 0 atom stereocenters. The summed E-state index contributed by atoms with van der Waals surface area (Å²) in [5.74, 6) is 0.934. The van der Waals surface area contributed by atoms with Crippen LogP contribution in [0.25, 0.3) is 27.4 Å². The SMILES string of the molecule is Nc1ccc(-c2nc3ccccc3n2-c2ccccc2)s1. The van der Waals surface area contributed by atoms with E-state index in [1.165, 1.54) is 0 Å². The van der Waals surface area contributed by atoms with Gasteiger partial charge in [-0.05, 0) is 36.4 Å². The number of fused-ring (bicyclic) bond motifs is 1. The fourth-order valence-corrected chi connectivity index (χ4v) is 3.26. The van der Waals surface area contributed by atoms with Crippen molar-refractivity contribution in [1.29, 1.82) is 0 Å². The number of imidazole rings is 1. The Morgan fingerprint density at radius 3 is 2.38 bits per heavy atom. The van der Waals surface area contributed by atoms with E-state index in [0.29, 0.717) is 0 Å². The van der Waals surface area contributed by atoms with Crippen molar-refractivity contribution in [3.63, 3.8) is 0 Å². The van der Waals surface area contributed by atoms with Crippen LogP contribution >= 0.6 is 11.3 Å².